The smallest absolute Gasteiger partial charge is 0.243 e. The second kappa shape index (κ2) is 6.19. The predicted octanol–water partition coefficient (Wildman–Crippen LogP) is 3.49. The molecule has 4 heteroatoms. The van der Waals surface area contributed by atoms with Gasteiger partial charge in [-0.05, 0) is 61.4 Å². The van der Waals surface area contributed by atoms with Crippen LogP contribution in [-0.4, -0.2) is 12.5 Å². The molecule has 0 bridgehead atoms. The van der Waals surface area contributed by atoms with Gasteiger partial charge in [-0.15, -0.1) is 0 Å². The summed E-state index contributed by atoms with van der Waals surface area (Å²) in [5, 5.41) is 5.76. The van der Waals surface area contributed by atoms with Gasteiger partial charge in [-0.2, -0.15) is 0 Å². The third kappa shape index (κ3) is 3.82. The van der Waals surface area contributed by atoms with Crippen LogP contribution in [0.4, 0.5) is 15.8 Å². The molecule has 0 aliphatic rings. The van der Waals surface area contributed by atoms with Crippen molar-refractivity contribution in [2.24, 2.45) is 0 Å². The van der Waals surface area contributed by atoms with Crippen molar-refractivity contribution in [3.63, 3.8) is 0 Å². The highest BCUT2D eigenvalue weighted by molar-refractivity contribution is 5.93. The summed E-state index contributed by atoms with van der Waals surface area (Å²) in [6.45, 7) is 4.16. The van der Waals surface area contributed by atoms with Crippen molar-refractivity contribution in [3.05, 3.63) is 59.4 Å². The number of hydrogen-bond acceptors (Lipinski definition) is 2. The fourth-order valence-corrected chi connectivity index (χ4v) is 1.77. The maximum atomic E-state index is 12.7. The summed E-state index contributed by atoms with van der Waals surface area (Å²) >= 11 is 0. The zero-order valence-corrected chi connectivity index (χ0v) is 11.5. The van der Waals surface area contributed by atoms with Crippen molar-refractivity contribution in [1.82, 2.24) is 0 Å². The quantitative estimate of drug-likeness (QED) is 0.894. The Morgan fingerprint density at radius 1 is 1.00 bits per heavy atom. The van der Waals surface area contributed by atoms with Crippen molar-refractivity contribution >= 4 is 17.3 Å². The van der Waals surface area contributed by atoms with Crippen LogP contribution in [0.1, 0.15) is 11.1 Å². The Labute approximate surface area is 117 Å². The maximum Gasteiger partial charge on any atom is 0.243 e. The van der Waals surface area contributed by atoms with Gasteiger partial charge >= 0.3 is 0 Å². The number of nitrogens with one attached hydrogen (secondary N) is 2. The van der Waals surface area contributed by atoms with E-state index in [0.29, 0.717) is 5.69 Å². The molecule has 2 aromatic rings. The molecule has 0 radical (unpaired) electrons. The first-order valence-electron chi connectivity index (χ1n) is 6.41. The molecule has 0 aromatic heterocycles. The molecule has 0 spiro atoms. The molecule has 0 heterocycles. The maximum absolute atomic E-state index is 12.7. The van der Waals surface area contributed by atoms with Gasteiger partial charge in [0.1, 0.15) is 5.82 Å². The Balaban J connectivity index is 1.89. The topological polar surface area (TPSA) is 41.1 Å². The fraction of sp³-hybridized carbons (Fsp3) is 0.188. The third-order valence-electron chi connectivity index (χ3n) is 3.09. The monoisotopic (exact) mass is 272 g/mol. The standard InChI is InChI=1S/C16H17FN2O/c1-11-3-6-15(9-12(11)2)19-16(20)10-18-14-7-4-13(17)5-8-14/h3-9,18H,10H2,1-2H3,(H,19,20). The molecule has 0 unspecified atom stereocenters. The van der Waals surface area contributed by atoms with Gasteiger partial charge in [-0.25, -0.2) is 4.39 Å². The first-order valence-corrected chi connectivity index (χ1v) is 6.41. The van der Waals surface area contributed by atoms with Crippen molar-refractivity contribution in [3.8, 4) is 0 Å². The van der Waals surface area contributed by atoms with Gasteiger partial charge in [0.2, 0.25) is 5.91 Å². The summed E-state index contributed by atoms with van der Waals surface area (Å²) in [5.74, 6) is -0.437. The molecular weight excluding hydrogens is 255 g/mol. The Hall–Kier alpha value is -2.36. The number of amides is 1. The van der Waals surface area contributed by atoms with Crippen molar-refractivity contribution in [1.29, 1.82) is 0 Å². The van der Waals surface area contributed by atoms with Gasteiger partial charge in [-0.3, -0.25) is 4.79 Å². The number of hydrogen-bond donors (Lipinski definition) is 2. The van der Waals surface area contributed by atoms with E-state index in [1.165, 1.54) is 17.7 Å². The van der Waals surface area contributed by atoms with Gasteiger partial charge in [0, 0.05) is 11.4 Å². The van der Waals surface area contributed by atoms with Crippen LogP contribution in [0.15, 0.2) is 42.5 Å². The summed E-state index contributed by atoms with van der Waals surface area (Å²) in [6, 6.07) is 11.7. The lowest BCUT2D eigenvalue weighted by molar-refractivity contribution is -0.114. The Morgan fingerprint density at radius 2 is 1.65 bits per heavy atom. The molecule has 0 aliphatic heterocycles. The largest absolute Gasteiger partial charge is 0.376 e. The highest BCUT2D eigenvalue weighted by Gasteiger charge is 2.03. The number of anilines is 2. The van der Waals surface area contributed by atoms with Crippen LogP contribution in [0.25, 0.3) is 0 Å². The number of benzene rings is 2. The average Bonchev–Trinajstić information content (AvgIpc) is 2.42. The second-order valence-corrected chi connectivity index (χ2v) is 4.71. The number of halogens is 1. The minimum Gasteiger partial charge on any atom is -0.376 e. The highest BCUT2D eigenvalue weighted by atomic mass is 19.1. The van der Waals surface area contributed by atoms with Crippen LogP contribution in [0.2, 0.25) is 0 Å². The van der Waals surface area contributed by atoms with Gasteiger partial charge in [0.25, 0.3) is 0 Å². The molecule has 2 rings (SSSR count). The lowest BCUT2D eigenvalue weighted by Crippen LogP contribution is -2.21. The van der Waals surface area contributed by atoms with Crippen molar-refractivity contribution < 1.29 is 9.18 Å². The van der Waals surface area contributed by atoms with E-state index < -0.39 is 0 Å². The first-order chi connectivity index (χ1) is 9.54. The normalized spacial score (nSPS) is 10.2. The first kappa shape index (κ1) is 14.1. The van der Waals surface area contributed by atoms with Crippen LogP contribution in [0.3, 0.4) is 0 Å². The minimum atomic E-state index is -0.296. The highest BCUT2D eigenvalue weighted by Crippen LogP contribution is 2.14. The van der Waals surface area contributed by atoms with Crippen LogP contribution in [0.5, 0.6) is 0 Å². The lowest BCUT2D eigenvalue weighted by atomic mass is 10.1. The zero-order chi connectivity index (χ0) is 14.5. The van der Waals surface area contributed by atoms with Crippen LogP contribution < -0.4 is 10.6 Å². The Bertz CT molecular complexity index is 608. The van der Waals surface area contributed by atoms with Gasteiger partial charge in [-0.1, -0.05) is 6.07 Å². The molecule has 1 amide bonds. The molecule has 0 aliphatic carbocycles. The summed E-state index contributed by atoms with van der Waals surface area (Å²) in [6.07, 6.45) is 0. The van der Waals surface area contributed by atoms with Crippen molar-refractivity contribution in [2.45, 2.75) is 13.8 Å². The molecule has 104 valence electrons. The molecule has 0 fully saturated rings. The predicted molar refractivity (Wildman–Crippen MR) is 79.4 cm³/mol. The average molecular weight is 272 g/mol. The summed E-state index contributed by atoms with van der Waals surface area (Å²) < 4.78 is 12.7. The third-order valence-corrected chi connectivity index (χ3v) is 3.09. The molecular formula is C16H17FN2O. The van der Waals surface area contributed by atoms with E-state index in [4.69, 9.17) is 0 Å². The molecule has 20 heavy (non-hydrogen) atoms. The molecule has 3 nitrogen and oxygen atoms in total. The van der Waals surface area contributed by atoms with Crippen LogP contribution >= 0.6 is 0 Å². The van der Waals surface area contributed by atoms with Gasteiger partial charge in [0.15, 0.2) is 0 Å². The Kier molecular flexibility index (Phi) is 4.35. The SMILES string of the molecule is Cc1ccc(NC(=O)CNc2ccc(F)cc2)cc1C. The van der Waals surface area contributed by atoms with E-state index in [1.54, 1.807) is 12.1 Å². The zero-order valence-electron chi connectivity index (χ0n) is 11.5. The van der Waals surface area contributed by atoms with E-state index in [0.717, 1.165) is 11.3 Å². The van der Waals surface area contributed by atoms with Crippen LogP contribution in [-0.2, 0) is 4.79 Å². The van der Waals surface area contributed by atoms with E-state index in [2.05, 4.69) is 10.6 Å². The molecule has 2 N–H and O–H groups in total. The summed E-state index contributed by atoms with van der Waals surface area (Å²) in [7, 11) is 0. The number of aryl methyl sites for hydroxylation is 2. The number of carbonyl (C=O) groups excluding carboxylic acids is 1. The summed E-state index contributed by atoms with van der Waals surface area (Å²) in [4.78, 5) is 11.8. The van der Waals surface area contributed by atoms with Crippen molar-refractivity contribution in [2.75, 3.05) is 17.2 Å². The van der Waals surface area contributed by atoms with Crippen LogP contribution in [0, 0.1) is 19.7 Å². The minimum absolute atomic E-state index is 0.137. The number of carbonyl (C=O) groups is 1. The molecule has 0 atom stereocenters. The van der Waals surface area contributed by atoms with E-state index in [1.807, 2.05) is 32.0 Å². The molecule has 0 saturated carbocycles. The number of rotatable bonds is 4. The fourth-order valence-electron chi connectivity index (χ4n) is 1.77. The summed E-state index contributed by atoms with van der Waals surface area (Å²) in [5.41, 5.74) is 3.81. The lowest BCUT2D eigenvalue weighted by Gasteiger charge is -2.09. The molecule has 0 saturated heterocycles. The van der Waals surface area contributed by atoms with E-state index in [-0.39, 0.29) is 18.3 Å². The Morgan fingerprint density at radius 3 is 2.30 bits per heavy atom. The van der Waals surface area contributed by atoms with Gasteiger partial charge in [0.05, 0.1) is 6.54 Å². The van der Waals surface area contributed by atoms with E-state index in [9.17, 15) is 9.18 Å². The second-order valence-electron chi connectivity index (χ2n) is 4.71. The van der Waals surface area contributed by atoms with Gasteiger partial charge < -0.3 is 10.6 Å². The molecule has 2 aromatic carbocycles. The van der Waals surface area contributed by atoms with E-state index >= 15 is 0 Å².